The van der Waals surface area contributed by atoms with E-state index >= 15 is 0 Å². The summed E-state index contributed by atoms with van der Waals surface area (Å²) in [5, 5.41) is 4.13. The molecule has 0 atom stereocenters. The number of ether oxygens (including phenoxy) is 1. The van der Waals surface area contributed by atoms with Crippen LogP contribution in [0.5, 0.6) is 0 Å². The molecule has 1 aliphatic rings. The van der Waals surface area contributed by atoms with Crippen molar-refractivity contribution >= 4 is 47.2 Å². The average Bonchev–Trinajstić information content (AvgIpc) is 3.03. The summed E-state index contributed by atoms with van der Waals surface area (Å²) in [5.41, 5.74) is 4.70. The number of nitrogens with one attached hydrogen (secondary N) is 1. The highest BCUT2D eigenvalue weighted by Gasteiger charge is 2.21. The molecule has 0 amide bonds. The van der Waals surface area contributed by atoms with E-state index in [1.807, 2.05) is 43.4 Å². The molecule has 1 fully saturated rings. The Bertz CT molecular complexity index is 984. The lowest BCUT2D eigenvalue weighted by Crippen LogP contribution is -2.38. The fourth-order valence-electron chi connectivity index (χ4n) is 4.00. The molecule has 6 nitrogen and oxygen atoms in total. The number of hydrogen-bond acceptors (Lipinski definition) is 4. The van der Waals surface area contributed by atoms with Crippen LogP contribution in [0.1, 0.15) is 21.6 Å². The van der Waals surface area contributed by atoms with E-state index in [9.17, 15) is 4.79 Å². The maximum Gasteiger partial charge on any atom is 0.195 e. The lowest BCUT2D eigenvalue weighted by Gasteiger charge is -2.27. The van der Waals surface area contributed by atoms with E-state index in [1.165, 1.54) is 0 Å². The van der Waals surface area contributed by atoms with E-state index in [4.69, 9.17) is 4.74 Å². The molecule has 4 rings (SSSR count). The summed E-state index contributed by atoms with van der Waals surface area (Å²) in [6, 6.07) is 15.9. The van der Waals surface area contributed by atoms with Crippen molar-refractivity contribution in [3.8, 4) is 0 Å². The number of hydrogen-bond donors (Lipinski definition) is 1. The molecule has 0 saturated carbocycles. The molecule has 1 aliphatic heterocycles. The number of anilines is 1. The fraction of sp³-hybridized carbons (Fsp3) is 0.348. The zero-order chi connectivity index (χ0) is 19.5. The molecular formula is C23H31Cl2N3O3. The summed E-state index contributed by atoms with van der Waals surface area (Å²) in [6.07, 6.45) is 0. The highest BCUT2D eigenvalue weighted by Crippen LogP contribution is 2.28. The fourth-order valence-corrected chi connectivity index (χ4v) is 4.00. The second kappa shape index (κ2) is 12.1. The van der Waals surface area contributed by atoms with Gasteiger partial charge in [-0.05, 0) is 37.3 Å². The molecule has 3 N–H and O–H groups in total. The first-order chi connectivity index (χ1) is 13.7. The molecule has 0 bridgehead atoms. The van der Waals surface area contributed by atoms with Crippen LogP contribution in [0.2, 0.25) is 0 Å². The van der Waals surface area contributed by atoms with Crippen molar-refractivity contribution in [1.82, 2.24) is 9.47 Å². The Hall–Kier alpha value is -2.09. The molecule has 0 spiro atoms. The van der Waals surface area contributed by atoms with Gasteiger partial charge in [-0.15, -0.1) is 24.8 Å². The van der Waals surface area contributed by atoms with Gasteiger partial charge in [-0.2, -0.15) is 0 Å². The molecule has 31 heavy (non-hydrogen) atoms. The molecule has 0 unspecified atom stereocenters. The van der Waals surface area contributed by atoms with Crippen LogP contribution in [0, 0.1) is 6.92 Å². The van der Waals surface area contributed by atoms with Crippen LogP contribution in [0.4, 0.5) is 5.69 Å². The summed E-state index contributed by atoms with van der Waals surface area (Å²) in [6.45, 7) is 7.46. The predicted molar refractivity (Wildman–Crippen MR) is 131 cm³/mol. The number of para-hydroxylation sites is 1. The standard InChI is InChI=1S/C23H27N3O2.2ClH.H2O/c1-17-22(23(27)18-7-9-19(24-2)10-8-18)20-5-3-4-6-21(20)26(17)12-11-25-13-15-28-16-14-25;;;/h3-10,24H,11-16H2,1-2H3;2*1H;1H2. The third-order valence-electron chi connectivity index (χ3n) is 5.64. The van der Waals surface area contributed by atoms with E-state index in [-0.39, 0.29) is 36.1 Å². The van der Waals surface area contributed by atoms with Gasteiger partial charge in [0.1, 0.15) is 0 Å². The van der Waals surface area contributed by atoms with Gasteiger partial charge < -0.3 is 20.1 Å². The molecule has 2 heterocycles. The number of ketones is 1. The summed E-state index contributed by atoms with van der Waals surface area (Å²) in [5.74, 6) is 0.0847. The number of morpholine rings is 1. The van der Waals surface area contributed by atoms with Crippen molar-refractivity contribution in [3.05, 3.63) is 65.4 Å². The number of benzene rings is 2. The summed E-state index contributed by atoms with van der Waals surface area (Å²) >= 11 is 0. The molecule has 1 aromatic heterocycles. The van der Waals surface area contributed by atoms with E-state index in [0.717, 1.165) is 72.8 Å². The molecule has 1 saturated heterocycles. The van der Waals surface area contributed by atoms with Crippen LogP contribution >= 0.6 is 24.8 Å². The first-order valence-electron chi connectivity index (χ1n) is 9.89. The lowest BCUT2D eigenvalue weighted by molar-refractivity contribution is 0.0365. The lowest BCUT2D eigenvalue weighted by atomic mass is 10.0. The Balaban J connectivity index is 0.00000160. The first kappa shape index (κ1) is 26.9. The zero-order valence-electron chi connectivity index (χ0n) is 17.9. The normalized spacial score (nSPS) is 13.6. The number of rotatable bonds is 6. The van der Waals surface area contributed by atoms with Gasteiger partial charge in [-0.25, -0.2) is 0 Å². The average molecular weight is 468 g/mol. The number of halogens is 2. The van der Waals surface area contributed by atoms with Gasteiger partial charge in [0.2, 0.25) is 0 Å². The Labute approximate surface area is 195 Å². The highest BCUT2D eigenvalue weighted by molar-refractivity contribution is 6.17. The Morgan fingerprint density at radius 3 is 2.29 bits per heavy atom. The van der Waals surface area contributed by atoms with Crippen LogP contribution in [-0.4, -0.2) is 60.6 Å². The van der Waals surface area contributed by atoms with Crippen molar-refractivity contribution in [2.24, 2.45) is 0 Å². The van der Waals surface area contributed by atoms with Crippen molar-refractivity contribution in [2.45, 2.75) is 13.5 Å². The van der Waals surface area contributed by atoms with Gasteiger partial charge in [0.25, 0.3) is 0 Å². The molecule has 0 aliphatic carbocycles. The SMILES string of the molecule is CNc1ccc(C(=O)c2c(C)n(CCN3CCOCC3)c3ccccc23)cc1.Cl.Cl.O. The number of fused-ring (bicyclic) bond motifs is 1. The zero-order valence-corrected chi connectivity index (χ0v) is 19.5. The molecule has 3 aromatic rings. The largest absolute Gasteiger partial charge is 0.412 e. The number of aromatic nitrogens is 1. The molecule has 170 valence electrons. The topological polar surface area (TPSA) is 78.0 Å². The highest BCUT2D eigenvalue weighted by atomic mass is 35.5. The minimum Gasteiger partial charge on any atom is -0.412 e. The van der Waals surface area contributed by atoms with Gasteiger partial charge in [0.15, 0.2) is 5.78 Å². The molecule has 2 aromatic carbocycles. The molecule has 0 radical (unpaired) electrons. The van der Waals surface area contributed by atoms with Crippen molar-refractivity contribution in [3.63, 3.8) is 0 Å². The Kier molecular flexibility index (Phi) is 10.5. The minimum absolute atomic E-state index is 0. The van der Waals surface area contributed by atoms with Gasteiger partial charge in [-0.3, -0.25) is 9.69 Å². The third-order valence-corrected chi connectivity index (χ3v) is 5.64. The summed E-state index contributed by atoms with van der Waals surface area (Å²) in [4.78, 5) is 15.8. The smallest absolute Gasteiger partial charge is 0.195 e. The second-order valence-corrected chi connectivity index (χ2v) is 7.24. The number of nitrogens with zero attached hydrogens (tertiary/aromatic N) is 2. The van der Waals surface area contributed by atoms with Crippen LogP contribution in [0.3, 0.4) is 0 Å². The monoisotopic (exact) mass is 467 g/mol. The van der Waals surface area contributed by atoms with Crippen LogP contribution in [0.15, 0.2) is 48.5 Å². The van der Waals surface area contributed by atoms with Crippen molar-refractivity contribution in [2.75, 3.05) is 45.2 Å². The van der Waals surface area contributed by atoms with Crippen LogP contribution in [0.25, 0.3) is 10.9 Å². The number of carbonyl (C=O) groups is 1. The minimum atomic E-state index is 0. The summed E-state index contributed by atoms with van der Waals surface area (Å²) in [7, 11) is 1.88. The molecular weight excluding hydrogens is 437 g/mol. The Morgan fingerprint density at radius 1 is 1.00 bits per heavy atom. The van der Waals surface area contributed by atoms with Gasteiger partial charge in [0, 0.05) is 61.1 Å². The predicted octanol–water partition coefficient (Wildman–Crippen LogP) is 3.57. The summed E-state index contributed by atoms with van der Waals surface area (Å²) < 4.78 is 7.74. The molecule has 8 heteroatoms. The number of carbonyl (C=O) groups excluding carboxylic acids is 1. The third kappa shape index (κ3) is 5.59. The van der Waals surface area contributed by atoms with Crippen molar-refractivity contribution in [1.29, 1.82) is 0 Å². The van der Waals surface area contributed by atoms with Gasteiger partial charge >= 0.3 is 0 Å². The van der Waals surface area contributed by atoms with E-state index < -0.39 is 0 Å². The maximum absolute atomic E-state index is 13.3. The first-order valence-corrected chi connectivity index (χ1v) is 9.89. The second-order valence-electron chi connectivity index (χ2n) is 7.24. The van der Waals surface area contributed by atoms with Crippen LogP contribution < -0.4 is 5.32 Å². The Morgan fingerprint density at radius 2 is 1.65 bits per heavy atom. The maximum atomic E-state index is 13.3. The van der Waals surface area contributed by atoms with Gasteiger partial charge in [-0.1, -0.05) is 18.2 Å². The van der Waals surface area contributed by atoms with E-state index in [1.54, 1.807) is 0 Å². The van der Waals surface area contributed by atoms with E-state index in [0.29, 0.717) is 0 Å². The quantitative estimate of drug-likeness (QED) is 0.561. The van der Waals surface area contributed by atoms with E-state index in [2.05, 4.69) is 33.8 Å². The van der Waals surface area contributed by atoms with Crippen molar-refractivity contribution < 1.29 is 15.0 Å². The van der Waals surface area contributed by atoms with Gasteiger partial charge in [0.05, 0.1) is 18.8 Å². The van der Waals surface area contributed by atoms with Crippen LogP contribution in [-0.2, 0) is 11.3 Å².